The van der Waals surface area contributed by atoms with Crippen molar-refractivity contribution in [3.05, 3.63) is 51.9 Å². The number of anilines is 1. The molecule has 4 aromatic rings. The van der Waals surface area contributed by atoms with Crippen molar-refractivity contribution >= 4 is 51.6 Å². The molecule has 0 aliphatic carbocycles. The summed E-state index contributed by atoms with van der Waals surface area (Å²) in [6.07, 6.45) is -9.54. The summed E-state index contributed by atoms with van der Waals surface area (Å²) in [5.41, 5.74) is 0.425. The van der Waals surface area contributed by atoms with Crippen LogP contribution in [0.1, 0.15) is 96.5 Å². The Hall–Kier alpha value is -6.02. The maximum absolute atomic E-state index is 17.2. The van der Waals surface area contributed by atoms with E-state index in [9.17, 15) is 27.6 Å². The third kappa shape index (κ3) is 15.7. The summed E-state index contributed by atoms with van der Waals surface area (Å²) < 4.78 is 139. The number of carbonyl (C=O) groups excluding carboxylic acids is 4. The molecular weight excluding hydrogens is 1190 g/mol. The molecule has 0 spiro atoms. The lowest BCUT2D eigenvalue weighted by molar-refractivity contribution is -0.167. The monoisotopic (exact) mass is 1280 g/mol. The van der Waals surface area contributed by atoms with E-state index < -0.39 is 108 Å². The van der Waals surface area contributed by atoms with Gasteiger partial charge in [0.05, 0.1) is 70.3 Å². The second-order valence-electron chi connectivity index (χ2n) is 25.8. The zero-order valence-corrected chi connectivity index (χ0v) is 53.7. The number of cyclic esters (lactones) is 1. The van der Waals surface area contributed by atoms with E-state index in [0.717, 1.165) is 26.9 Å². The molecule has 7 heterocycles. The second kappa shape index (κ2) is 27.0. The van der Waals surface area contributed by atoms with Crippen LogP contribution in [0.15, 0.2) is 29.8 Å². The zero-order chi connectivity index (χ0) is 65.5. The summed E-state index contributed by atoms with van der Waals surface area (Å²) in [4.78, 5) is 75.8. The Morgan fingerprint density at radius 2 is 1.58 bits per heavy atom. The van der Waals surface area contributed by atoms with Crippen LogP contribution in [-0.2, 0) is 52.8 Å². The Morgan fingerprint density at radius 1 is 0.921 bits per heavy atom. The molecule has 3 fully saturated rings. The SMILES string of the molecule is COC1[C@@H](N(C)C(=O)[C@H](C(C)C)N(C)C(=O)C2(F)CCN(C(=O)C#CC(C)(C)N(C)C)CC2)Cc2nc(cs2)-c2cc3c(c(-c4cc(N5CCN(CC(F)(F)F)CC5)cnc4[C@H](C)OC)n(CC(F)(F)F)c3cc2F)CC(C)(C)COC(=O)[C@@H]2CCCN1N2. The lowest BCUT2D eigenvalue weighted by Crippen LogP contribution is -2.65. The van der Waals surface area contributed by atoms with E-state index in [4.69, 9.17) is 24.2 Å². The third-order valence-corrected chi connectivity index (χ3v) is 18.6. The largest absolute Gasteiger partial charge is 0.464 e. The molecule has 0 radical (unpaired) electrons. The van der Waals surface area contributed by atoms with E-state index in [1.165, 1.54) is 55.3 Å². The number of fused-ring (bicyclic) bond motifs is 6. The Morgan fingerprint density at radius 3 is 2.19 bits per heavy atom. The van der Waals surface area contributed by atoms with Crippen molar-refractivity contribution in [2.75, 3.05) is 106 Å². The quantitative estimate of drug-likeness (QED) is 0.0771. The van der Waals surface area contributed by atoms with Gasteiger partial charge < -0.3 is 38.4 Å². The highest BCUT2D eigenvalue weighted by Gasteiger charge is 2.49. The number of nitrogens with zero attached hydrogens (tertiary/aromatic N) is 10. The molecular formula is C62H83F8N11O7S. The minimum Gasteiger partial charge on any atom is -0.464 e. The number of alkyl halides is 7. The molecule has 1 N–H and O–H groups in total. The normalized spacial score (nSPS) is 22.1. The van der Waals surface area contributed by atoms with Crippen molar-refractivity contribution in [3.8, 4) is 34.4 Å². The predicted molar refractivity (Wildman–Crippen MR) is 321 cm³/mol. The number of hydrogen-bond acceptors (Lipinski definition) is 15. The minimum atomic E-state index is -4.86. The molecule has 3 saturated heterocycles. The number of nitrogens with one attached hydrogen (secondary N) is 1. The van der Waals surface area contributed by atoms with Crippen LogP contribution in [0.3, 0.4) is 0 Å². The first kappa shape index (κ1) is 68.9. The number of likely N-dealkylation sites (N-methyl/N-ethyl adjacent to an activating group) is 2. The number of ether oxygens (including phenoxy) is 3. The molecule has 4 aliphatic rings. The number of thiazole rings is 1. The van der Waals surface area contributed by atoms with E-state index in [2.05, 4.69) is 17.3 Å². The number of halogens is 8. The third-order valence-electron chi connectivity index (χ3n) is 17.8. The number of piperidine rings is 1. The smallest absolute Gasteiger partial charge is 0.406 e. The van der Waals surface area contributed by atoms with Crippen molar-refractivity contribution in [1.82, 2.24) is 49.5 Å². The van der Waals surface area contributed by atoms with Crippen LogP contribution in [0.5, 0.6) is 0 Å². The lowest BCUT2D eigenvalue weighted by Gasteiger charge is -2.45. The molecule has 8 rings (SSSR count). The van der Waals surface area contributed by atoms with Crippen molar-refractivity contribution in [2.45, 2.75) is 148 Å². The highest BCUT2D eigenvalue weighted by Crippen LogP contribution is 2.45. The molecule has 6 atom stereocenters. The highest BCUT2D eigenvalue weighted by atomic mass is 32.1. The van der Waals surface area contributed by atoms with Gasteiger partial charge in [0.2, 0.25) is 5.91 Å². The Bertz CT molecular complexity index is 3290. The fourth-order valence-electron chi connectivity index (χ4n) is 12.2. The first-order valence-corrected chi connectivity index (χ1v) is 30.8. The number of rotatable bonds is 13. The second-order valence-corrected chi connectivity index (χ2v) is 26.7. The van der Waals surface area contributed by atoms with Crippen molar-refractivity contribution in [1.29, 1.82) is 0 Å². The van der Waals surface area contributed by atoms with Gasteiger partial charge in [-0.2, -0.15) is 26.3 Å². The number of hydrazine groups is 1. The standard InChI is InChI=1S/C62H83F8N11O7S/c1-37(2)52(76(11)57(85)60(64)18-21-79(22-19-60)50(82)16-17-59(6,7)74(8)9)54(83)75(10)48-30-49-72-46(33-89-49)41-28-40-43(31-58(4,5)36-88-56(84)45-15-14-20-81(73-45)55(48)87-13)53(80(35-62(68,69)70)47(40)29-44(41)63)42-27-39(32-71-51(42)38(3)86-12)78-25-23-77(24-26-78)34-61(65,66)67/h27-29,32-33,37-38,45,48,52,55,73H,14-15,18-26,30-31,34-36H2,1-13H3/t38-,45-,48-,52-,55?/m0/s1. The Kier molecular flexibility index (Phi) is 20.9. The molecule has 2 unspecified atom stereocenters. The summed E-state index contributed by atoms with van der Waals surface area (Å²) in [7, 11) is 9.43. The molecule has 3 amide bonds. The van der Waals surface area contributed by atoms with Gasteiger partial charge in [0.1, 0.15) is 30.7 Å². The number of likely N-dealkylation sites (tertiary alicyclic amines) is 1. The summed E-state index contributed by atoms with van der Waals surface area (Å²) in [6, 6.07) is 1.02. The number of amides is 3. The van der Waals surface area contributed by atoms with Gasteiger partial charge in [-0.25, -0.2) is 24.2 Å². The van der Waals surface area contributed by atoms with Crippen molar-refractivity contribution < 1.29 is 68.5 Å². The van der Waals surface area contributed by atoms with Gasteiger partial charge in [-0.15, -0.1) is 11.3 Å². The van der Waals surface area contributed by atoms with Gasteiger partial charge in [0.15, 0.2) is 5.67 Å². The summed E-state index contributed by atoms with van der Waals surface area (Å²) in [6.45, 7) is 10.1. The summed E-state index contributed by atoms with van der Waals surface area (Å²) >= 11 is 1.13. The van der Waals surface area contributed by atoms with Gasteiger partial charge in [-0.3, -0.25) is 34.0 Å². The summed E-state index contributed by atoms with van der Waals surface area (Å²) in [5.74, 6) is 1.50. The zero-order valence-electron chi connectivity index (χ0n) is 52.9. The molecule has 4 aliphatic heterocycles. The van der Waals surface area contributed by atoms with E-state index in [-0.39, 0.29) is 111 Å². The van der Waals surface area contributed by atoms with E-state index >= 15 is 26.7 Å². The Balaban J connectivity index is 1.20. The average Bonchev–Trinajstić information content (AvgIpc) is 1.62. The lowest BCUT2D eigenvalue weighted by atomic mass is 9.84. The van der Waals surface area contributed by atoms with Crippen molar-refractivity contribution in [3.63, 3.8) is 0 Å². The maximum Gasteiger partial charge on any atom is 0.406 e. The van der Waals surface area contributed by atoms with Gasteiger partial charge in [0.25, 0.3) is 11.8 Å². The fraction of sp³-hybridized carbons (Fsp3) is 0.645. The number of aromatic nitrogens is 3. The topological polar surface area (TPSA) is 161 Å². The first-order chi connectivity index (χ1) is 41.6. The average molecular weight is 1280 g/mol. The van der Waals surface area contributed by atoms with Crippen LogP contribution >= 0.6 is 11.3 Å². The van der Waals surface area contributed by atoms with Gasteiger partial charge in [-0.05, 0) is 89.7 Å². The van der Waals surface area contributed by atoms with E-state index in [1.54, 1.807) is 51.1 Å². The van der Waals surface area contributed by atoms with E-state index in [0.29, 0.717) is 35.6 Å². The first-order valence-electron chi connectivity index (χ1n) is 29.9. The van der Waals surface area contributed by atoms with Crippen LogP contribution in [0, 0.1) is 29.0 Å². The minimum absolute atomic E-state index is 0.0283. The molecule has 0 saturated carbocycles. The molecule has 6 bridgehead atoms. The van der Waals surface area contributed by atoms with Gasteiger partial charge in [0, 0.05) is 121 Å². The molecule has 27 heteroatoms. The molecule has 490 valence electrons. The van der Waals surface area contributed by atoms with Gasteiger partial charge >= 0.3 is 18.3 Å². The number of benzene rings is 1. The molecule has 18 nitrogen and oxygen atoms in total. The summed E-state index contributed by atoms with van der Waals surface area (Å²) in [5, 5.41) is 3.91. The molecule has 89 heavy (non-hydrogen) atoms. The van der Waals surface area contributed by atoms with Crippen LogP contribution in [-0.4, -0.2) is 217 Å². The number of pyridine rings is 1. The predicted octanol–water partition coefficient (Wildman–Crippen LogP) is 8.51. The van der Waals surface area contributed by atoms with Gasteiger partial charge in [-0.1, -0.05) is 33.6 Å². The number of methoxy groups -OCH3 is 2. The highest BCUT2D eigenvalue weighted by molar-refractivity contribution is 7.10. The van der Waals surface area contributed by atoms with Crippen LogP contribution in [0.4, 0.5) is 40.8 Å². The fourth-order valence-corrected chi connectivity index (χ4v) is 13.1. The number of piperazine rings is 1. The number of esters is 1. The number of hydrogen-bond donors (Lipinski definition) is 1. The molecule has 1 aromatic carbocycles. The van der Waals surface area contributed by atoms with Crippen LogP contribution < -0.4 is 10.3 Å². The van der Waals surface area contributed by atoms with Crippen molar-refractivity contribution in [2.24, 2.45) is 11.3 Å². The molecule has 3 aromatic heterocycles. The van der Waals surface area contributed by atoms with Crippen LogP contribution in [0.2, 0.25) is 0 Å². The van der Waals surface area contributed by atoms with E-state index in [1.807, 2.05) is 37.7 Å². The maximum atomic E-state index is 17.2. The Labute approximate surface area is 519 Å². The van der Waals surface area contributed by atoms with Crippen LogP contribution in [0.25, 0.3) is 33.4 Å². The number of carbonyl (C=O) groups is 4.